The fraction of sp³-hybridized carbons (Fsp3) is 0.478. The fourth-order valence-electron chi connectivity index (χ4n) is 4.67. The lowest BCUT2D eigenvalue weighted by Crippen LogP contribution is -2.43. The van der Waals surface area contributed by atoms with E-state index >= 15 is 0 Å². The van der Waals surface area contributed by atoms with E-state index in [1.807, 2.05) is 6.07 Å². The van der Waals surface area contributed by atoms with Gasteiger partial charge in [0.25, 0.3) is 0 Å². The van der Waals surface area contributed by atoms with E-state index in [1.54, 1.807) is 11.3 Å². The summed E-state index contributed by atoms with van der Waals surface area (Å²) in [5.41, 5.74) is 2.42. The van der Waals surface area contributed by atoms with Crippen LogP contribution >= 0.6 is 11.3 Å². The molecule has 3 atom stereocenters. The highest BCUT2D eigenvalue weighted by molar-refractivity contribution is 7.10. The smallest absolute Gasteiger partial charge is 0.223 e. The van der Waals surface area contributed by atoms with E-state index in [2.05, 4.69) is 48.0 Å². The van der Waals surface area contributed by atoms with Gasteiger partial charge in [-0.3, -0.25) is 9.59 Å². The number of rotatable bonds is 5. The van der Waals surface area contributed by atoms with Gasteiger partial charge in [0.05, 0.1) is 6.04 Å². The van der Waals surface area contributed by atoms with Crippen LogP contribution in [-0.4, -0.2) is 11.7 Å². The van der Waals surface area contributed by atoms with Gasteiger partial charge >= 0.3 is 0 Å². The summed E-state index contributed by atoms with van der Waals surface area (Å²) in [5.74, 6) is 0.706. The second-order valence-electron chi connectivity index (χ2n) is 7.95. The molecule has 0 aliphatic heterocycles. The van der Waals surface area contributed by atoms with Crippen molar-refractivity contribution in [2.75, 3.05) is 0 Å². The third kappa shape index (κ3) is 3.86. The number of carbonyl (C=O) groups excluding carboxylic acids is 2. The number of nitrogens with one attached hydrogen (secondary N) is 1. The number of aryl methyl sites for hydroxylation is 1. The van der Waals surface area contributed by atoms with Gasteiger partial charge in [-0.25, -0.2) is 0 Å². The van der Waals surface area contributed by atoms with Crippen molar-refractivity contribution in [2.24, 2.45) is 17.8 Å². The van der Waals surface area contributed by atoms with E-state index in [0.717, 1.165) is 49.0 Å². The Hall–Kier alpha value is -1.94. The molecule has 4 heteroatoms. The van der Waals surface area contributed by atoms with E-state index < -0.39 is 0 Å². The molecule has 0 radical (unpaired) electrons. The number of carbonyl (C=O) groups is 2. The van der Waals surface area contributed by atoms with Gasteiger partial charge in [-0.15, -0.1) is 11.3 Å². The Labute approximate surface area is 165 Å². The average molecular weight is 382 g/mol. The van der Waals surface area contributed by atoms with Crippen LogP contribution in [0.3, 0.4) is 0 Å². The van der Waals surface area contributed by atoms with Crippen molar-refractivity contribution >= 4 is 23.0 Å². The summed E-state index contributed by atoms with van der Waals surface area (Å²) >= 11 is 1.67. The van der Waals surface area contributed by atoms with Crippen molar-refractivity contribution in [3.8, 4) is 0 Å². The van der Waals surface area contributed by atoms with E-state index in [9.17, 15) is 9.59 Å². The molecule has 1 amide bonds. The van der Waals surface area contributed by atoms with E-state index in [0.29, 0.717) is 5.78 Å². The van der Waals surface area contributed by atoms with Crippen LogP contribution in [0.1, 0.15) is 61.1 Å². The first-order valence-corrected chi connectivity index (χ1v) is 11.0. The molecule has 0 spiro atoms. The maximum atomic E-state index is 13.1. The lowest BCUT2D eigenvalue weighted by molar-refractivity contribution is -0.137. The van der Waals surface area contributed by atoms with Crippen molar-refractivity contribution in [3.05, 3.63) is 57.8 Å². The topological polar surface area (TPSA) is 46.2 Å². The first-order valence-electron chi connectivity index (χ1n) is 10.1. The first kappa shape index (κ1) is 18.4. The molecule has 2 bridgehead atoms. The zero-order valence-electron chi connectivity index (χ0n) is 15.8. The van der Waals surface area contributed by atoms with Gasteiger partial charge in [0.15, 0.2) is 0 Å². The standard InChI is InChI=1S/C23H27NO2S/c1-2-15-8-10-16(11-9-15)21(20-7-4-12-27-20)24-23(26)19-13-17-5-3-6-18(14-19)22(17)25/h4,7-12,17-19,21H,2-3,5-6,13-14H2,1H3,(H,24,26). The molecule has 4 rings (SSSR count). The van der Waals surface area contributed by atoms with E-state index in [1.165, 1.54) is 5.56 Å². The zero-order chi connectivity index (χ0) is 18.8. The molecular formula is C23H27NO2S. The molecule has 0 saturated heterocycles. The highest BCUT2D eigenvalue weighted by Gasteiger charge is 2.41. The normalized spacial score (nSPS) is 25.8. The molecule has 1 N–H and O–H groups in total. The molecule has 2 aromatic rings. The molecule has 2 aliphatic rings. The van der Waals surface area contributed by atoms with Crippen molar-refractivity contribution in [1.82, 2.24) is 5.32 Å². The number of hydrogen-bond donors (Lipinski definition) is 1. The maximum Gasteiger partial charge on any atom is 0.223 e. The van der Waals surface area contributed by atoms with Gasteiger partial charge in [-0.1, -0.05) is 43.7 Å². The highest BCUT2D eigenvalue weighted by Crippen LogP contribution is 2.40. The Morgan fingerprint density at radius 2 is 1.85 bits per heavy atom. The zero-order valence-corrected chi connectivity index (χ0v) is 16.6. The molecule has 1 aromatic carbocycles. The third-order valence-corrected chi connectivity index (χ3v) is 7.19. The van der Waals surface area contributed by atoms with Gasteiger partial charge in [-0.2, -0.15) is 0 Å². The Balaban J connectivity index is 1.53. The maximum absolute atomic E-state index is 13.1. The van der Waals surface area contributed by atoms with Gasteiger partial charge in [0, 0.05) is 22.6 Å². The SMILES string of the molecule is CCc1ccc(C(NC(=O)C2CC3CCCC(C2)C3=O)c2cccs2)cc1. The summed E-state index contributed by atoms with van der Waals surface area (Å²) in [4.78, 5) is 26.6. The van der Waals surface area contributed by atoms with Gasteiger partial charge < -0.3 is 5.32 Å². The Bertz CT molecular complexity index is 780. The largest absolute Gasteiger partial charge is 0.344 e. The number of amides is 1. The molecule has 142 valence electrons. The number of hydrogen-bond acceptors (Lipinski definition) is 3. The van der Waals surface area contributed by atoms with Crippen LogP contribution in [0, 0.1) is 17.8 Å². The lowest BCUT2D eigenvalue weighted by atomic mass is 9.67. The van der Waals surface area contributed by atoms with Crippen LogP contribution < -0.4 is 5.32 Å². The predicted molar refractivity (Wildman–Crippen MR) is 109 cm³/mol. The van der Waals surface area contributed by atoms with E-state index in [4.69, 9.17) is 0 Å². The van der Waals surface area contributed by atoms with Crippen LogP contribution in [0.2, 0.25) is 0 Å². The molecule has 1 heterocycles. The minimum atomic E-state index is -0.110. The highest BCUT2D eigenvalue weighted by atomic mass is 32.1. The Morgan fingerprint density at radius 3 is 2.44 bits per heavy atom. The third-order valence-electron chi connectivity index (χ3n) is 6.25. The Morgan fingerprint density at radius 1 is 1.15 bits per heavy atom. The number of fused-ring (bicyclic) bond motifs is 2. The summed E-state index contributed by atoms with van der Waals surface area (Å²) in [6.07, 6.45) is 5.53. The monoisotopic (exact) mass is 381 g/mol. The minimum Gasteiger partial charge on any atom is -0.344 e. The Kier molecular flexibility index (Phi) is 5.44. The minimum absolute atomic E-state index is 0.0321. The number of thiophene rings is 1. The lowest BCUT2D eigenvalue weighted by Gasteiger charge is -2.37. The number of benzene rings is 1. The fourth-order valence-corrected chi connectivity index (χ4v) is 5.48. The molecule has 2 saturated carbocycles. The van der Waals surface area contributed by atoms with Crippen LogP contribution in [0.15, 0.2) is 41.8 Å². The quantitative estimate of drug-likeness (QED) is 0.800. The molecule has 2 fully saturated rings. The van der Waals surface area contributed by atoms with Crippen LogP contribution in [0.4, 0.5) is 0 Å². The summed E-state index contributed by atoms with van der Waals surface area (Å²) in [6.45, 7) is 2.15. The van der Waals surface area contributed by atoms with Crippen LogP contribution in [0.5, 0.6) is 0 Å². The van der Waals surface area contributed by atoms with E-state index in [-0.39, 0.29) is 29.7 Å². The molecule has 27 heavy (non-hydrogen) atoms. The molecule has 3 unspecified atom stereocenters. The second-order valence-corrected chi connectivity index (χ2v) is 8.93. The van der Waals surface area contributed by atoms with Crippen molar-refractivity contribution < 1.29 is 9.59 Å². The molecular weight excluding hydrogens is 354 g/mol. The van der Waals surface area contributed by atoms with Crippen molar-refractivity contribution in [3.63, 3.8) is 0 Å². The van der Waals surface area contributed by atoms with Crippen molar-refractivity contribution in [1.29, 1.82) is 0 Å². The van der Waals surface area contributed by atoms with Crippen LogP contribution in [0.25, 0.3) is 0 Å². The number of Topliss-reactive ketones (excluding diaryl/α,β-unsaturated/α-hetero) is 1. The first-order chi connectivity index (χ1) is 13.2. The summed E-state index contributed by atoms with van der Waals surface area (Å²) in [6, 6.07) is 12.6. The van der Waals surface area contributed by atoms with Crippen LogP contribution in [-0.2, 0) is 16.0 Å². The molecule has 1 aromatic heterocycles. The predicted octanol–water partition coefficient (Wildman–Crippen LogP) is 4.91. The van der Waals surface area contributed by atoms with Gasteiger partial charge in [0.2, 0.25) is 5.91 Å². The summed E-state index contributed by atoms with van der Waals surface area (Å²) in [5, 5.41) is 5.36. The van der Waals surface area contributed by atoms with Gasteiger partial charge in [-0.05, 0) is 54.7 Å². The molecule has 2 aliphatic carbocycles. The summed E-state index contributed by atoms with van der Waals surface area (Å²) in [7, 11) is 0. The number of ketones is 1. The molecule has 3 nitrogen and oxygen atoms in total. The van der Waals surface area contributed by atoms with Crippen molar-refractivity contribution in [2.45, 2.75) is 51.5 Å². The second kappa shape index (κ2) is 7.97. The van der Waals surface area contributed by atoms with Gasteiger partial charge in [0.1, 0.15) is 5.78 Å². The average Bonchev–Trinajstić information content (AvgIpc) is 3.20. The summed E-state index contributed by atoms with van der Waals surface area (Å²) < 4.78 is 0.